The van der Waals surface area contributed by atoms with Gasteiger partial charge in [0, 0.05) is 12.1 Å². The molecule has 4 aromatic rings. The van der Waals surface area contributed by atoms with Gasteiger partial charge >= 0.3 is 11.9 Å². The Morgan fingerprint density at radius 3 is 1.48 bits per heavy atom. The maximum atomic E-state index is 12.1. The number of hydrogen-bond donors (Lipinski definition) is 2. The first-order valence-corrected chi connectivity index (χ1v) is 8.12. The van der Waals surface area contributed by atoms with Crippen LogP contribution >= 0.6 is 0 Å². The molecule has 0 unspecified atom stereocenters. The number of hydrogen-bond acceptors (Lipinski definition) is 7. The van der Waals surface area contributed by atoms with E-state index >= 15 is 0 Å². The number of ether oxygens (including phenoxy) is 1. The molecule has 9 heteroatoms. The van der Waals surface area contributed by atoms with Crippen LogP contribution in [0.4, 0.5) is 0 Å². The second-order valence-electron chi connectivity index (χ2n) is 5.98. The summed E-state index contributed by atoms with van der Waals surface area (Å²) < 4.78 is 16.0. The third-order valence-corrected chi connectivity index (χ3v) is 4.05. The molecule has 2 aromatic carbocycles. The fourth-order valence-electron chi connectivity index (χ4n) is 2.74. The summed E-state index contributed by atoms with van der Waals surface area (Å²) in [6.07, 6.45) is 0. The standard InChI is InChI=1S/C20H10O9/c21-13-7-17(19(23)24)28-15-3-1-9(5-11(13)15)27-10-2-4-16-12(6-10)14(22)8-18(29-16)20(25)26/h1-8H,(H,23,24)(H,25,26). The number of rotatable bonds is 4. The molecule has 0 amide bonds. The minimum absolute atomic E-state index is 0.0857. The summed E-state index contributed by atoms with van der Waals surface area (Å²) >= 11 is 0. The summed E-state index contributed by atoms with van der Waals surface area (Å²) in [5.74, 6) is -3.16. The molecule has 0 bridgehead atoms. The average Bonchev–Trinajstić information content (AvgIpc) is 2.68. The number of carboxylic acid groups (broad SMARTS) is 2. The van der Waals surface area contributed by atoms with E-state index in [1.54, 1.807) is 0 Å². The highest BCUT2D eigenvalue weighted by atomic mass is 16.5. The highest BCUT2D eigenvalue weighted by molar-refractivity contribution is 5.88. The lowest BCUT2D eigenvalue weighted by Gasteiger charge is -2.08. The summed E-state index contributed by atoms with van der Waals surface area (Å²) in [7, 11) is 0. The van der Waals surface area contributed by atoms with Crippen molar-refractivity contribution in [2.75, 3.05) is 0 Å². The largest absolute Gasteiger partial charge is 0.475 e. The highest BCUT2D eigenvalue weighted by Crippen LogP contribution is 2.27. The van der Waals surface area contributed by atoms with Gasteiger partial charge in [-0.2, -0.15) is 0 Å². The number of benzene rings is 2. The third-order valence-electron chi connectivity index (χ3n) is 4.05. The second-order valence-corrected chi connectivity index (χ2v) is 5.98. The lowest BCUT2D eigenvalue weighted by molar-refractivity contribution is 0.0653. The van der Waals surface area contributed by atoms with Crippen LogP contribution in [0.25, 0.3) is 21.9 Å². The molecule has 144 valence electrons. The van der Waals surface area contributed by atoms with Crippen molar-refractivity contribution in [3.8, 4) is 11.5 Å². The Balaban J connectivity index is 1.73. The zero-order valence-electron chi connectivity index (χ0n) is 14.4. The molecule has 0 spiro atoms. The zero-order chi connectivity index (χ0) is 20.7. The van der Waals surface area contributed by atoms with Crippen LogP contribution in [0.3, 0.4) is 0 Å². The maximum Gasteiger partial charge on any atom is 0.371 e. The number of aromatic carboxylic acids is 2. The van der Waals surface area contributed by atoms with Crippen LogP contribution < -0.4 is 15.6 Å². The molecule has 0 aliphatic rings. The molecule has 29 heavy (non-hydrogen) atoms. The van der Waals surface area contributed by atoms with Crippen molar-refractivity contribution in [1.82, 2.24) is 0 Å². The van der Waals surface area contributed by atoms with Crippen molar-refractivity contribution < 1.29 is 33.4 Å². The van der Waals surface area contributed by atoms with Gasteiger partial charge < -0.3 is 23.8 Å². The average molecular weight is 394 g/mol. The number of carboxylic acids is 2. The summed E-state index contributed by atoms with van der Waals surface area (Å²) in [5, 5.41) is 18.2. The Kier molecular flexibility index (Phi) is 4.12. The van der Waals surface area contributed by atoms with Gasteiger partial charge in [0.05, 0.1) is 10.8 Å². The Bertz CT molecular complexity index is 1320. The lowest BCUT2D eigenvalue weighted by Crippen LogP contribution is -2.06. The predicted octanol–water partition coefficient (Wildman–Crippen LogP) is 3.09. The first-order chi connectivity index (χ1) is 13.8. The quantitative estimate of drug-likeness (QED) is 0.533. The van der Waals surface area contributed by atoms with Crippen LogP contribution in [0.5, 0.6) is 11.5 Å². The van der Waals surface area contributed by atoms with Crippen molar-refractivity contribution in [3.05, 3.63) is 80.5 Å². The second kappa shape index (κ2) is 6.64. The maximum absolute atomic E-state index is 12.1. The molecule has 0 saturated heterocycles. The Hall–Kier alpha value is -4.40. The van der Waals surface area contributed by atoms with E-state index in [9.17, 15) is 19.2 Å². The SMILES string of the molecule is O=C(O)c1cc(=O)c2cc(Oc3ccc4oc(C(=O)O)cc(=O)c4c3)ccc2o1. The molecular formula is C20H10O9. The van der Waals surface area contributed by atoms with Crippen molar-refractivity contribution in [2.45, 2.75) is 0 Å². The summed E-state index contributed by atoms with van der Waals surface area (Å²) in [4.78, 5) is 46.2. The van der Waals surface area contributed by atoms with Gasteiger partial charge in [-0.1, -0.05) is 0 Å². The smallest absolute Gasteiger partial charge is 0.371 e. The first kappa shape index (κ1) is 18.0. The molecule has 0 radical (unpaired) electrons. The monoisotopic (exact) mass is 394 g/mol. The number of fused-ring (bicyclic) bond motifs is 2. The molecular weight excluding hydrogens is 384 g/mol. The number of carbonyl (C=O) groups is 2. The first-order valence-electron chi connectivity index (χ1n) is 8.12. The van der Waals surface area contributed by atoms with Crippen LogP contribution in [0.15, 0.2) is 67.0 Å². The van der Waals surface area contributed by atoms with Gasteiger partial charge in [-0.15, -0.1) is 0 Å². The van der Waals surface area contributed by atoms with Gasteiger partial charge in [0.25, 0.3) is 0 Å². The zero-order valence-corrected chi connectivity index (χ0v) is 14.4. The van der Waals surface area contributed by atoms with E-state index in [0.29, 0.717) is 0 Å². The molecule has 0 atom stereocenters. The van der Waals surface area contributed by atoms with Gasteiger partial charge in [0.15, 0.2) is 10.9 Å². The minimum Gasteiger partial charge on any atom is -0.475 e. The normalized spacial score (nSPS) is 10.9. The molecule has 0 aliphatic carbocycles. The van der Waals surface area contributed by atoms with E-state index in [2.05, 4.69) is 0 Å². The van der Waals surface area contributed by atoms with Crippen molar-refractivity contribution in [3.63, 3.8) is 0 Å². The molecule has 0 saturated carbocycles. The molecule has 0 aliphatic heterocycles. The van der Waals surface area contributed by atoms with Crippen LogP contribution in [-0.2, 0) is 0 Å². The summed E-state index contributed by atoms with van der Waals surface area (Å²) in [6.45, 7) is 0. The Morgan fingerprint density at radius 1 is 0.690 bits per heavy atom. The van der Waals surface area contributed by atoms with Gasteiger partial charge in [-0.05, 0) is 36.4 Å². The predicted molar refractivity (Wildman–Crippen MR) is 99.0 cm³/mol. The Morgan fingerprint density at radius 2 is 1.10 bits per heavy atom. The fourth-order valence-corrected chi connectivity index (χ4v) is 2.74. The molecule has 0 fully saturated rings. The topological polar surface area (TPSA) is 144 Å². The third kappa shape index (κ3) is 3.32. The van der Waals surface area contributed by atoms with Gasteiger partial charge in [0.1, 0.15) is 22.7 Å². The molecule has 2 aromatic heterocycles. The molecule has 9 nitrogen and oxygen atoms in total. The van der Waals surface area contributed by atoms with Crippen molar-refractivity contribution in [2.24, 2.45) is 0 Å². The van der Waals surface area contributed by atoms with Crippen LogP contribution in [0, 0.1) is 0 Å². The molecule has 4 rings (SSSR count). The highest BCUT2D eigenvalue weighted by Gasteiger charge is 2.13. The fraction of sp³-hybridized carbons (Fsp3) is 0. The van der Waals surface area contributed by atoms with E-state index in [-0.39, 0.29) is 33.4 Å². The van der Waals surface area contributed by atoms with E-state index in [1.807, 2.05) is 0 Å². The lowest BCUT2D eigenvalue weighted by atomic mass is 10.2. The van der Waals surface area contributed by atoms with E-state index < -0.39 is 34.3 Å². The Labute approximate surface area is 160 Å². The van der Waals surface area contributed by atoms with Crippen LogP contribution in [-0.4, -0.2) is 22.2 Å². The molecule has 2 N–H and O–H groups in total. The van der Waals surface area contributed by atoms with Crippen molar-refractivity contribution in [1.29, 1.82) is 0 Å². The minimum atomic E-state index is -1.36. The van der Waals surface area contributed by atoms with Gasteiger partial charge in [0.2, 0.25) is 11.5 Å². The molecule has 2 heterocycles. The van der Waals surface area contributed by atoms with Crippen molar-refractivity contribution >= 4 is 33.9 Å². The van der Waals surface area contributed by atoms with Gasteiger partial charge in [-0.3, -0.25) is 9.59 Å². The summed E-state index contributed by atoms with van der Waals surface area (Å²) in [5.41, 5.74) is -0.922. The van der Waals surface area contributed by atoms with E-state index in [0.717, 1.165) is 12.1 Å². The van der Waals surface area contributed by atoms with E-state index in [4.69, 9.17) is 23.8 Å². The van der Waals surface area contributed by atoms with E-state index in [1.165, 1.54) is 36.4 Å². The van der Waals surface area contributed by atoms with Gasteiger partial charge in [-0.25, -0.2) is 9.59 Å². The van der Waals surface area contributed by atoms with Crippen LogP contribution in [0.1, 0.15) is 21.1 Å². The summed E-state index contributed by atoms with van der Waals surface area (Å²) in [6, 6.07) is 10.2. The van der Waals surface area contributed by atoms with Crippen LogP contribution in [0.2, 0.25) is 0 Å².